The highest BCUT2D eigenvalue weighted by molar-refractivity contribution is 5.85. The zero-order valence-electron chi connectivity index (χ0n) is 17.1. The molecule has 0 aromatic carbocycles. The molecule has 0 aromatic rings. The summed E-state index contributed by atoms with van der Waals surface area (Å²) in [7, 11) is 1.39. The molecule has 0 saturated heterocycles. The molecular formula is C22H36O5. The summed E-state index contributed by atoms with van der Waals surface area (Å²) < 4.78 is 4.62. The number of hydrogen-bond acceptors (Lipinski definition) is 5. The first-order valence-electron chi connectivity index (χ1n) is 10.3. The minimum Gasteiger partial charge on any atom is -0.469 e. The van der Waals surface area contributed by atoms with Crippen LogP contribution in [0, 0.1) is 23.7 Å². The van der Waals surface area contributed by atoms with Crippen LogP contribution in [0.1, 0.15) is 84.5 Å². The van der Waals surface area contributed by atoms with Gasteiger partial charge in [-0.05, 0) is 32.6 Å². The monoisotopic (exact) mass is 380 g/mol. The van der Waals surface area contributed by atoms with E-state index in [1.54, 1.807) is 6.92 Å². The van der Waals surface area contributed by atoms with E-state index in [9.17, 15) is 19.8 Å². The van der Waals surface area contributed by atoms with Crippen molar-refractivity contribution in [2.75, 3.05) is 7.11 Å². The van der Waals surface area contributed by atoms with Gasteiger partial charge in [-0.1, -0.05) is 50.9 Å². The van der Waals surface area contributed by atoms with Crippen molar-refractivity contribution in [1.29, 1.82) is 0 Å². The van der Waals surface area contributed by atoms with Crippen LogP contribution in [0.3, 0.4) is 0 Å². The van der Waals surface area contributed by atoms with Gasteiger partial charge in [0.2, 0.25) is 0 Å². The molecule has 0 aliphatic heterocycles. The largest absolute Gasteiger partial charge is 0.469 e. The Kier molecular flexibility index (Phi) is 10.6. The van der Waals surface area contributed by atoms with Gasteiger partial charge in [-0.2, -0.15) is 0 Å². The van der Waals surface area contributed by atoms with Gasteiger partial charge in [0.05, 0.1) is 19.1 Å². The molecule has 5 heteroatoms. The molecule has 1 aliphatic rings. The van der Waals surface area contributed by atoms with E-state index in [4.69, 9.17) is 0 Å². The van der Waals surface area contributed by atoms with Gasteiger partial charge in [-0.3, -0.25) is 9.59 Å². The van der Waals surface area contributed by atoms with Crippen molar-refractivity contribution in [3.05, 3.63) is 0 Å². The molecule has 0 bridgehead atoms. The Morgan fingerprint density at radius 1 is 1.22 bits per heavy atom. The number of esters is 1. The first-order valence-corrected chi connectivity index (χ1v) is 10.3. The molecule has 27 heavy (non-hydrogen) atoms. The molecule has 0 heterocycles. The molecule has 1 fully saturated rings. The molecule has 2 N–H and O–H groups in total. The molecular weight excluding hydrogens is 344 g/mol. The Morgan fingerprint density at radius 2 is 1.93 bits per heavy atom. The minimum absolute atomic E-state index is 0.0713. The summed E-state index contributed by atoms with van der Waals surface area (Å²) in [6.07, 6.45) is 7.73. The molecule has 0 radical (unpaired) electrons. The molecule has 1 saturated carbocycles. The van der Waals surface area contributed by atoms with Crippen molar-refractivity contribution in [3.8, 4) is 11.8 Å². The highest BCUT2D eigenvalue weighted by atomic mass is 16.5. The van der Waals surface area contributed by atoms with Crippen molar-refractivity contribution >= 4 is 11.8 Å². The Bertz CT molecular complexity index is 529. The fourth-order valence-electron chi connectivity index (χ4n) is 3.60. The van der Waals surface area contributed by atoms with Crippen LogP contribution in [0.2, 0.25) is 0 Å². The molecule has 0 aromatic heterocycles. The first-order chi connectivity index (χ1) is 12.8. The van der Waals surface area contributed by atoms with Gasteiger partial charge in [-0.25, -0.2) is 0 Å². The maximum absolute atomic E-state index is 12.2. The quantitative estimate of drug-likeness (QED) is 0.326. The van der Waals surface area contributed by atoms with Gasteiger partial charge < -0.3 is 14.9 Å². The molecule has 154 valence electrons. The van der Waals surface area contributed by atoms with E-state index in [0.29, 0.717) is 19.3 Å². The summed E-state index contributed by atoms with van der Waals surface area (Å²) in [5, 5.41) is 20.6. The van der Waals surface area contributed by atoms with Crippen LogP contribution in [-0.2, 0) is 14.3 Å². The number of aliphatic hydroxyl groups is 2. The molecule has 1 rings (SSSR count). The third kappa shape index (κ3) is 8.90. The normalized spacial score (nSPS) is 24.2. The van der Waals surface area contributed by atoms with E-state index in [-0.39, 0.29) is 30.0 Å². The van der Waals surface area contributed by atoms with Crippen molar-refractivity contribution in [2.24, 2.45) is 11.8 Å². The van der Waals surface area contributed by atoms with Crippen LogP contribution in [0.25, 0.3) is 0 Å². The van der Waals surface area contributed by atoms with Crippen molar-refractivity contribution in [2.45, 2.75) is 96.2 Å². The maximum atomic E-state index is 12.2. The molecule has 0 amide bonds. The predicted molar refractivity (Wildman–Crippen MR) is 105 cm³/mol. The standard InChI is InChI=1S/C22H36O5/c1-4-5-10-14-22(2,26)15-13-18-17(19(23)16-20(18)24)11-8-6-7-9-12-21(25)27-3/h17-18,20,24,26H,4-12,14,16H2,1-3H3/t17-,18-,20+,22+/m0/s1. The molecule has 1 aliphatic carbocycles. The summed E-state index contributed by atoms with van der Waals surface area (Å²) in [6, 6.07) is 0. The molecule has 5 nitrogen and oxygen atoms in total. The summed E-state index contributed by atoms with van der Waals surface area (Å²) in [6.45, 7) is 3.82. The number of carbonyl (C=O) groups is 2. The Labute approximate surface area is 163 Å². The lowest BCUT2D eigenvalue weighted by Gasteiger charge is -2.19. The lowest BCUT2D eigenvalue weighted by atomic mass is 9.88. The van der Waals surface area contributed by atoms with Crippen LogP contribution in [-0.4, -0.2) is 40.8 Å². The number of aliphatic hydroxyl groups excluding tert-OH is 1. The number of carbonyl (C=O) groups excluding carboxylic acids is 2. The third-order valence-electron chi connectivity index (χ3n) is 5.32. The summed E-state index contributed by atoms with van der Waals surface area (Å²) in [4.78, 5) is 23.3. The smallest absolute Gasteiger partial charge is 0.305 e. The Balaban J connectivity index is 2.49. The van der Waals surface area contributed by atoms with E-state index in [1.807, 2.05) is 0 Å². The summed E-state index contributed by atoms with van der Waals surface area (Å²) >= 11 is 0. The summed E-state index contributed by atoms with van der Waals surface area (Å²) in [5.74, 6) is 5.18. The van der Waals surface area contributed by atoms with Crippen LogP contribution < -0.4 is 0 Å². The number of rotatable bonds is 11. The lowest BCUT2D eigenvalue weighted by Crippen LogP contribution is -2.24. The highest BCUT2D eigenvalue weighted by Gasteiger charge is 2.40. The first kappa shape index (κ1) is 23.7. The minimum atomic E-state index is -1.07. The van der Waals surface area contributed by atoms with Crippen LogP contribution in [0.15, 0.2) is 0 Å². The van der Waals surface area contributed by atoms with E-state index < -0.39 is 11.7 Å². The zero-order chi connectivity index (χ0) is 20.3. The molecule has 0 unspecified atom stereocenters. The fraction of sp³-hybridized carbons (Fsp3) is 0.818. The number of methoxy groups -OCH3 is 1. The number of Topliss-reactive ketones (excluding diaryl/α,β-unsaturated/α-hetero) is 1. The van der Waals surface area contributed by atoms with Crippen molar-refractivity contribution in [3.63, 3.8) is 0 Å². The number of ether oxygens (including phenoxy) is 1. The second-order valence-corrected chi connectivity index (χ2v) is 7.90. The van der Waals surface area contributed by atoms with Gasteiger partial charge in [0.1, 0.15) is 11.4 Å². The second-order valence-electron chi connectivity index (χ2n) is 7.90. The summed E-state index contributed by atoms with van der Waals surface area (Å²) in [5.41, 5.74) is -1.07. The lowest BCUT2D eigenvalue weighted by molar-refractivity contribution is -0.140. The second kappa shape index (κ2) is 12.2. The number of unbranched alkanes of at least 4 members (excludes halogenated alkanes) is 5. The van der Waals surface area contributed by atoms with Crippen LogP contribution >= 0.6 is 0 Å². The maximum Gasteiger partial charge on any atom is 0.305 e. The number of ketones is 1. The Hall–Kier alpha value is -1.38. The topological polar surface area (TPSA) is 83.8 Å². The van der Waals surface area contributed by atoms with Gasteiger partial charge >= 0.3 is 5.97 Å². The van der Waals surface area contributed by atoms with Crippen LogP contribution in [0.4, 0.5) is 0 Å². The number of hydrogen-bond donors (Lipinski definition) is 2. The zero-order valence-corrected chi connectivity index (χ0v) is 17.1. The average Bonchev–Trinajstić information content (AvgIpc) is 2.89. The van der Waals surface area contributed by atoms with Crippen molar-refractivity contribution < 1.29 is 24.5 Å². The predicted octanol–water partition coefficient (Wildman–Crippen LogP) is 3.40. The SMILES string of the molecule is CCCCC[C@@](C)(O)C#C[C@@H]1[C@H](O)CC(=O)[C@H]1CCCCCCC(=O)OC. The molecule has 4 atom stereocenters. The van der Waals surface area contributed by atoms with Gasteiger partial charge in [0, 0.05) is 18.8 Å². The third-order valence-corrected chi connectivity index (χ3v) is 5.32. The van der Waals surface area contributed by atoms with E-state index >= 15 is 0 Å². The average molecular weight is 381 g/mol. The van der Waals surface area contributed by atoms with E-state index in [0.717, 1.165) is 44.9 Å². The van der Waals surface area contributed by atoms with Gasteiger partial charge in [0.15, 0.2) is 0 Å². The van der Waals surface area contributed by atoms with Gasteiger partial charge in [0.25, 0.3) is 0 Å². The molecule has 0 spiro atoms. The van der Waals surface area contributed by atoms with E-state index in [2.05, 4.69) is 23.5 Å². The Morgan fingerprint density at radius 3 is 2.59 bits per heavy atom. The fourth-order valence-corrected chi connectivity index (χ4v) is 3.60. The van der Waals surface area contributed by atoms with Crippen LogP contribution in [0.5, 0.6) is 0 Å². The van der Waals surface area contributed by atoms with Crippen molar-refractivity contribution in [1.82, 2.24) is 0 Å². The highest BCUT2D eigenvalue weighted by Crippen LogP contribution is 2.33. The van der Waals surface area contributed by atoms with Gasteiger partial charge in [-0.15, -0.1) is 0 Å². The van der Waals surface area contributed by atoms with E-state index in [1.165, 1.54) is 7.11 Å².